The number of aryl methyl sites for hydroxylation is 1. The second-order valence-electron chi connectivity index (χ2n) is 3.97. The summed E-state index contributed by atoms with van der Waals surface area (Å²) in [5.74, 6) is 0. The highest BCUT2D eigenvalue weighted by Gasteiger charge is 2.15. The molecular weight excluding hydrogens is 286 g/mol. The number of nitrogen functional groups attached to an aromatic ring is 1. The fourth-order valence-electron chi connectivity index (χ4n) is 1.50. The Morgan fingerprint density at radius 1 is 1.26 bits per heavy atom. The molecule has 0 aliphatic rings. The number of pyridine rings is 1. The average Bonchev–Trinajstić information content (AvgIpc) is 2.32. The lowest BCUT2D eigenvalue weighted by Gasteiger charge is -2.09. The fourth-order valence-corrected chi connectivity index (χ4v) is 2.82. The lowest BCUT2D eigenvalue weighted by Crippen LogP contribution is -2.13. The molecule has 0 bridgehead atoms. The minimum absolute atomic E-state index is 0.0566. The van der Waals surface area contributed by atoms with Crippen molar-refractivity contribution < 1.29 is 8.42 Å². The standard InChI is InChI=1S/C12H12ClN3O2S/c1-8-6-9(4-5-15-8)16-19(17,18)10-2-3-12(14)11(13)7-10/h2-7H,14H2,1H3,(H,15,16). The molecule has 0 aliphatic carbocycles. The molecule has 19 heavy (non-hydrogen) atoms. The first kappa shape index (κ1) is 13.6. The van der Waals surface area contributed by atoms with Gasteiger partial charge >= 0.3 is 0 Å². The summed E-state index contributed by atoms with van der Waals surface area (Å²) in [5, 5.41) is 0.203. The summed E-state index contributed by atoms with van der Waals surface area (Å²) >= 11 is 5.82. The van der Waals surface area contributed by atoms with E-state index in [1.165, 1.54) is 24.4 Å². The molecule has 0 atom stereocenters. The third-order valence-corrected chi connectivity index (χ3v) is 4.14. The Hall–Kier alpha value is -1.79. The second-order valence-corrected chi connectivity index (χ2v) is 6.06. The van der Waals surface area contributed by atoms with Crippen LogP contribution in [0.5, 0.6) is 0 Å². The number of nitrogens with zero attached hydrogens (tertiary/aromatic N) is 1. The SMILES string of the molecule is Cc1cc(NS(=O)(=O)c2ccc(N)c(Cl)c2)ccn1. The third-order valence-electron chi connectivity index (χ3n) is 2.43. The fraction of sp³-hybridized carbons (Fsp3) is 0.0833. The molecule has 0 saturated heterocycles. The summed E-state index contributed by atoms with van der Waals surface area (Å²) in [7, 11) is -3.69. The van der Waals surface area contributed by atoms with E-state index in [-0.39, 0.29) is 9.92 Å². The number of sulfonamides is 1. The number of hydrogen-bond acceptors (Lipinski definition) is 4. The summed E-state index contributed by atoms with van der Waals surface area (Å²) in [6, 6.07) is 7.37. The van der Waals surface area contributed by atoms with Gasteiger partial charge in [0.1, 0.15) is 0 Å². The number of nitrogens with two attached hydrogens (primary N) is 1. The van der Waals surface area contributed by atoms with Crippen LogP contribution >= 0.6 is 11.6 Å². The van der Waals surface area contributed by atoms with E-state index in [2.05, 4.69) is 9.71 Å². The molecule has 0 unspecified atom stereocenters. The Labute approximate surface area is 116 Å². The number of anilines is 2. The van der Waals surface area contributed by atoms with E-state index >= 15 is 0 Å². The van der Waals surface area contributed by atoms with Gasteiger partial charge in [0.25, 0.3) is 10.0 Å². The number of rotatable bonds is 3. The van der Waals surface area contributed by atoms with Gasteiger partial charge in [-0.2, -0.15) is 0 Å². The van der Waals surface area contributed by atoms with Crippen LogP contribution in [-0.4, -0.2) is 13.4 Å². The van der Waals surface area contributed by atoms with Gasteiger partial charge < -0.3 is 5.73 Å². The third kappa shape index (κ3) is 3.15. The first-order valence-electron chi connectivity index (χ1n) is 5.39. The largest absolute Gasteiger partial charge is 0.398 e. The van der Waals surface area contributed by atoms with E-state index in [1.807, 2.05) is 0 Å². The molecule has 1 aromatic carbocycles. The van der Waals surface area contributed by atoms with Crippen molar-refractivity contribution in [1.29, 1.82) is 0 Å². The van der Waals surface area contributed by atoms with Crippen molar-refractivity contribution in [2.45, 2.75) is 11.8 Å². The van der Waals surface area contributed by atoms with Gasteiger partial charge in [-0.25, -0.2) is 8.42 Å². The molecule has 0 fully saturated rings. The van der Waals surface area contributed by atoms with Gasteiger partial charge in [0, 0.05) is 11.9 Å². The van der Waals surface area contributed by atoms with Crippen LogP contribution in [-0.2, 0) is 10.0 Å². The molecule has 1 aromatic heterocycles. The van der Waals surface area contributed by atoms with E-state index in [0.717, 1.165) is 5.69 Å². The predicted molar refractivity (Wildman–Crippen MR) is 75.6 cm³/mol. The maximum Gasteiger partial charge on any atom is 0.261 e. The Kier molecular flexibility index (Phi) is 3.64. The van der Waals surface area contributed by atoms with Crippen molar-refractivity contribution in [2.75, 3.05) is 10.5 Å². The van der Waals surface area contributed by atoms with Crippen molar-refractivity contribution in [2.24, 2.45) is 0 Å². The van der Waals surface area contributed by atoms with Gasteiger partial charge in [-0.1, -0.05) is 11.6 Å². The summed E-state index contributed by atoms with van der Waals surface area (Å²) in [4.78, 5) is 4.05. The van der Waals surface area contributed by atoms with Crippen molar-refractivity contribution >= 4 is 33.0 Å². The first-order chi connectivity index (χ1) is 8.88. The van der Waals surface area contributed by atoms with Gasteiger partial charge in [0.05, 0.1) is 21.3 Å². The van der Waals surface area contributed by atoms with Crippen molar-refractivity contribution in [1.82, 2.24) is 4.98 Å². The molecule has 2 aromatic rings. The van der Waals surface area contributed by atoms with Crippen molar-refractivity contribution in [3.05, 3.63) is 47.2 Å². The van der Waals surface area contributed by atoms with Gasteiger partial charge in [-0.15, -0.1) is 0 Å². The molecule has 7 heteroatoms. The summed E-state index contributed by atoms with van der Waals surface area (Å²) in [6.45, 7) is 1.78. The van der Waals surface area contributed by atoms with Crippen molar-refractivity contribution in [3.8, 4) is 0 Å². The van der Waals surface area contributed by atoms with E-state index < -0.39 is 10.0 Å². The molecule has 0 amide bonds. The molecule has 0 radical (unpaired) electrons. The van der Waals surface area contributed by atoms with E-state index in [1.54, 1.807) is 19.1 Å². The van der Waals surface area contributed by atoms with Crippen LogP contribution in [0, 0.1) is 6.92 Å². The second kappa shape index (κ2) is 5.07. The van der Waals surface area contributed by atoms with Crippen LogP contribution in [0.25, 0.3) is 0 Å². The van der Waals surface area contributed by atoms with Crippen LogP contribution in [0.3, 0.4) is 0 Å². The molecule has 3 N–H and O–H groups in total. The van der Waals surface area contributed by atoms with E-state index in [4.69, 9.17) is 17.3 Å². The average molecular weight is 298 g/mol. The van der Waals surface area contributed by atoms with Crippen LogP contribution in [0.15, 0.2) is 41.4 Å². The van der Waals surface area contributed by atoms with Crippen LogP contribution in [0.1, 0.15) is 5.69 Å². The number of nitrogens with one attached hydrogen (secondary N) is 1. The van der Waals surface area contributed by atoms with Crippen LogP contribution < -0.4 is 10.5 Å². The highest BCUT2D eigenvalue weighted by molar-refractivity contribution is 7.92. The Morgan fingerprint density at radius 3 is 2.63 bits per heavy atom. The smallest absolute Gasteiger partial charge is 0.261 e. The molecule has 0 saturated carbocycles. The molecule has 5 nitrogen and oxygen atoms in total. The Morgan fingerprint density at radius 2 is 2.00 bits per heavy atom. The van der Waals surface area contributed by atoms with E-state index in [9.17, 15) is 8.42 Å². The van der Waals surface area contributed by atoms with Crippen LogP contribution in [0.2, 0.25) is 5.02 Å². The Bertz CT molecular complexity index is 717. The van der Waals surface area contributed by atoms with Gasteiger partial charge in [0.2, 0.25) is 0 Å². The zero-order chi connectivity index (χ0) is 14.0. The number of aromatic nitrogens is 1. The van der Waals surface area contributed by atoms with Gasteiger partial charge in [-0.05, 0) is 37.3 Å². The highest BCUT2D eigenvalue weighted by atomic mass is 35.5. The quantitative estimate of drug-likeness (QED) is 0.852. The molecule has 1 heterocycles. The summed E-state index contributed by atoms with van der Waals surface area (Å²) in [6.07, 6.45) is 1.53. The lowest BCUT2D eigenvalue weighted by molar-refractivity contribution is 0.601. The highest BCUT2D eigenvalue weighted by Crippen LogP contribution is 2.24. The van der Waals surface area contributed by atoms with Crippen molar-refractivity contribution in [3.63, 3.8) is 0 Å². The molecule has 0 spiro atoms. The minimum atomic E-state index is -3.69. The van der Waals surface area contributed by atoms with Gasteiger partial charge in [0.15, 0.2) is 0 Å². The monoisotopic (exact) mass is 297 g/mol. The van der Waals surface area contributed by atoms with E-state index in [0.29, 0.717) is 11.4 Å². The minimum Gasteiger partial charge on any atom is -0.398 e. The molecule has 0 aliphatic heterocycles. The summed E-state index contributed by atoms with van der Waals surface area (Å²) < 4.78 is 26.7. The Balaban J connectivity index is 2.35. The lowest BCUT2D eigenvalue weighted by atomic mass is 10.3. The normalized spacial score (nSPS) is 11.3. The number of hydrogen-bond donors (Lipinski definition) is 2. The topological polar surface area (TPSA) is 85.1 Å². The molecule has 100 valence electrons. The molecular formula is C12H12ClN3O2S. The predicted octanol–water partition coefficient (Wildman–Crippen LogP) is 2.43. The maximum absolute atomic E-state index is 12.1. The maximum atomic E-state index is 12.1. The first-order valence-corrected chi connectivity index (χ1v) is 7.25. The van der Waals surface area contributed by atoms with Gasteiger partial charge in [-0.3, -0.25) is 9.71 Å². The number of benzene rings is 1. The zero-order valence-electron chi connectivity index (χ0n) is 10.1. The summed E-state index contributed by atoms with van der Waals surface area (Å²) in [5.41, 5.74) is 7.05. The van der Waals surface area contributed by atoms with Crippen LogP contribution in [0.4, 0.5) is 11.4 Å². The zero-order valence-corrected chi connectivity index (χ0v) is 11.7. The number of halogens is 1. The molecule has 2 rings (SSSR count).